The van der Waals surface area contributed by atoms with Gasteiger partial charge in [0, 0.05) is 64.9 Å². The number of nitriles is 1. The standard InChI is InChI=1S/C29H28N6O3S/c1-36-25-11-21(12-26(37-2)29(25)38-3)35-28-19(13-30)14-33-24-10-18(4-6-23(24)28)27-7-5-22(39-27)16-31-9-8-20-15-32-17-34-20/h4-7,10-12,14-15,17,31H,8-9,16H2,1-3H3,(H,32,34)(H,33,35). The van der Waals surface area contributed by atoms with E-state index < -0.39 is 0 Å². The average Bonchev–Trinajstić information content (AvgIpc) is 3.67. The van der Waals surface area contributed by atoms with Gasteiger partial charge >= 0.3 is 0 Å². The second kappa shape index (κ2) is 11.9. The van der Waals surface area contributed by atoms with Crippen LogP contribution in [0.25, 0.3) is 21.3 Å². The first-order chi connectivity index (χ1) is 19.1. The Hall–Kier alpha value is -4.59. The van der Waals surface area contributed by atoms with Crippen LogP contribution in [0, 0.1) is 11.3 Å². The van der Waals surface area contributed by atoms with Crippen LogP contribution in [-0.2, 0) is 13.0 Å². The Morgan fingerprint density at radius 2 is 1.82 bits per heavy atom. The van der Waals surface area contributed by atoms with Gasteiger partial charge in [-0.25, -0.2) is 4.98 Å². The Bertz CT molecular complexity index is 1600. The molecule has 0 atom stereocenters. The summed E-state index contributed by atoms with van der Waals surface area (Å²) in [6, 6.07) is 16.3. The van der Waals surface area contributed by atoms with E-state index in [-0.39, 0.29) is 0 Å². The van der Waals surface area contributed by atoms with Crippen LogP contribution in [0.1, 0.15) is 16.1 Å². The number of fused-ring (bicyclic) bond motifs is 1. The van der Waals surface area contributed by atoms with Crippen molar-refractivity contribution in [1.29, 1.82) is 5.26 Å². The number of anilines is 2. The van der Waals surface area contributed by atoms with Crippen LogP contribution in [0.4, 0.5) is 11.4 Å². The highest BCUT2D eigenvalue weighted by Crippen LogP contribution is 2.42. The molecule has 0 amide bonds. The van der Waals surface area contributed by atoms with E-state index >= 15 is 0 Å². The number of ether oxygens (including phenoxy) is 3. The molecule has 198 valence electrons. The average molecular weight is 541 g/mol. The number of pyridine rings is 1. The van der Waals surface area contributed by atoms with Crippen LogP contribution < -0.4 is 24.8 Å². The summed E-state index contributed by atoms with van der Waals surface area (Å²) in [5.41, 5.74) is 4.70. The highest BCUT2D eigenvalue weighted by Gasteiger charge is 2.16. The minimum absolute atomic E-state index is 0.434. The maximum Gasteiger partial charge on any atom is 0.203 e. The number of hydrogen-bond donors (Lipinski definition) is 3. The van der Waals surface area contributed by atoms with Crippen molar-refractivity contribution in [3.8, 4) is 33.8 Å². The van der Waals surface area contributed by atoms with E-state index in [9.17, 15) is 5.26 Å². The van der Waals surface area contributed by atoms with Gasteiger partial charge in [-0.15, -0.1) is 11.3 Å². The quantitative estimate of drug-likeness (QED) is 0.184. The van der Waals surface area contributed by atoms with Gasteiger partial charge in [-0.3, -0.25) is 4.98 Å². The summed E-state index contributed by atoms with van der Waals surface area (Å²) in [5, 5.41) is 17.5. The van der Waals surface area contributed by atoms with Gasteiger partial charge in [-0.1, -0.05) is 12.1 Å². The lowest BCUT2D eigenvalue weighted by Gasteiger charge is -2.16. The van der Waals surface area contributed by atoms with Gasteiger partial charge in [0.15, 0.2) is 11.5 Å². The monoisotopic (exact) mass is 540 g/mol. The van der Waals surface area contributed by atoms with Gasteiger partial charge < -0.3 is 29.8 Å². The van der Waals surface area contributed by atoms with Crippen molar-refractivity contribution in [1.82, 2.24) is 20.3 Å². The molecule has 0 aliphatic rings. The van der Waals surface area contributed by atoms with E-state index in [2.05, 4.69) is 55.9 Å². The van der Waals surface area contributed by atoms with Gasteiger partial charge in [0.1, 0.15) is 6.07 Å². The number of methoxy groups -OCH3 is 3. The fourth-order valence-electron chi connectivity index (χ4n) is 4.35. The van der Waals surface area contributed by atoms with Crippen molar-refractivity contribution < 1.29 is 14.2 Å². The van der Waals surface area contributed by atoms with Crippen molar-refractivity contribution >= 4 is 33.6 Å². The molecule has 3 N–H and O–H groups in total. The molecular weight excluding hydrogens is 512 g/mol. The first-order valence-electron chi connectivity index (χ1n) is 12.3. The number of aromatic nitrogens is 3. The summed E-state index contributed by atoms with van der Waals surface area (Å²) in [5.74, 6) is 1.53. The number of nitrogens with zero attached hydrogens (tertiary/aromatic N) is 3. The third kappa shape index (κ3) is 5.65. The Morgan fingerprint density at radius 1 is 1.00 bits per heavy atom. The summed E-state index contributed by atoms with van der Waals surface area (Å²) in [4.78, 5) is 14.2. The molecule has 0 aliphatic heterocycles. The van der Waals surface area contributed by atoms with Crippen molar-refractivity contribution in [3.05, 3.63) is 77.3 Å². The fourth-order valence-corrected chi connectivity index (χ4v) is 5.32. The molecule has 0 saturated carbocycles. The predicted octanol–water partition coefficient (Wildman–Crippen LogP) is 5.66. The third-order valence-electron chi connectivity index (χ3n) is 6.28. The van der Waals surface area contributed by atoms with Crippen molar-refractivity contribution in [2.75, 3.05) is 33.2 Å². The highest BCUT2D eigenvalue weighted by atomic mass is 32.1. The highest BCUT2D eigenvalue weighted by molar-refractivity contribution is 7.15. The van der Waals surface area contributed by atoms with Gasteiger partial charge in [0.25, 0.3) is 0 Å². The summed E-state index contributed by atoms with van der Waals surface area (Å²) < 4.78 is 16.4. The number of aromatic amines is 1. The molecule has 0 fully saturated rings. The largest absolute Gasteiger partial charge is 0.493 e. The van der Waals surface area contributed by atoms with Gasteiger partial charge in [-0.2, -0.15) is 5.26 Å². The topological polar surface area (TPSA) is 117 Å². The maximum atomic E-state index is 9.81. The molecule has 39 heavy (non-hydrogen) atoms. The van der Waals surface area contributed by atoms with Crippen LogP contribution in [0.3, 0.4) is 0 Å². The summed E-state index contributed by atoms with van der Waals surface area (Å²) in [6.07, 6.45) is 6.10. The number of hydrogen-bond acceptors (Lipinski definition) is 9. The number of rotatable bonds is 11. The number of nitrogens with one attached hydrogen (secondary N) is 3. The van der Waals surface area contributed by atoms with Gasteiger partial charge in [0.05, 0.1) is 50.1 Å². The molecule has 9 nitrogen and oxygen atoms in total. The Labute approximate surface area is 230 Å². The SMILES string of the molecule is COc1cc(Nc2c(C#N)cnc3cc(-c4ccc(CNCCc5c[nH]cn5)s4)ccc23)cc(OC)c1OC. The van der Waals surface area contributed by atoms with Crippen molar-refractivity contribution in [2.45, 2.75) is 13.0 Å². The zero-order valence-corrected chi connectivity index (χ0v) is 22.7. The molecule has 2 aromatic carbocycles. The van der Waals surface area contributed by atoms with Crippen LogP contribution >= 0.6 is 11.3 Å². The van der Waals surface area contributed by atoms with Gasteiger partial charge in [-0.05, 0) is 23.8 Å². The molecule has 5 rings (SSSR count). The normalized spacial score (nSPS) is 10.8. The predicted molar refractivity (Wildman–Crippen MR) is 153 cm³/mol. The van der Waals surface area contributed by atoms with E-state index in [0.717, 1.165) is 46.5 Å². The molecule has 0 saturated heterocycles. The molecule has 0 radical (unpaired) electrons. The van der Waals surface area contributed by atoms with E-state index in [4.69, 9.17) is 14.2 Å². The second-order valence-electron chi connectivity index (χ2n) is 8.68. The smallest absolute Gasteiger partial charge is 0.203 e. The lowest BCUT2D eigenvalue weighted by atomic mass is 10.1. The molecule has 0 unspecified atom stereocenters. The fraction of sp³-hybridized carbons (Fsp3) is 0.207. The second-order valence-corrected chi connectivity index (χ2v) is 9.85. The molecule has 10 heteroatoms. The Kier molecular flexibility index (Phi) is 7.91. The third-order valence-corrected chi connectivity index (χ3v) is 7.42. The lowest BCUT2D eigenvalue weighted by Crippen LogP contribution is -2.16. The van der Waals surface area contributed by atoms with E-state index in [1.165, 1.54) is 4.88 Å². The summed E-state index contributed by atoms with van der Waals surface area (Å²) >= 11 is 1.75. The Balaban J connectivity index is 1.38. The van der Waals surface area contributed by atoms with E-state index in [0.29, 0.717) is 34.2 Å². The first kappa shape index (κ1) is 26.0. The first-order valence-corrected chi connectivity index (χ1v) is 13.1. The molecule has 0 aliphatic carbocycles. The van der Waals surface area contributed by atoms with Crippen LogP contribution in [-0.4, -0.2) is 42.8 Å². The number of H-pyrrole nitrogens is 1. The minimum Gasteiger partial charge on any atom is -0.493 e. The summed E-state index contributed by atoms with van der Waals surface area (Å²) in [6.45, 7) is 1.66. The van der Waals surface area contributed by atoms with Crippen molar-refractivity contribution in [2.24, 2.45) is 0 Å². The van der Waals surface area contributed by atoms with E-state index in [1.54, 1.807) is 57.3 Å². The molecule has 3 heterocycles. The molecular formula is C29H28N6O3S. The van der Waals surface area contributed by atoms with Crippen molar-refractivity contribution in [3.63, 3.8) is 0 Å². The molecule has 5 aromatic rings. The van der Waals surface area contributed by atoms with E-state index in [1.807, 2.05) is 12.3 Å². The minimum atomic E-state index is 0.434. The van der Waals surface area contributed by atoms with Crippen LogP contribution in [0.15, 0.2) is 61.2 Å². The molecule has 3 aromatic heterocycles. The molecule has 0 spiro atoms. The number of benzene rings is 2. The maximum absolute atomic E-state index is 9.81. The summed E-state index contributed by atoms with van der Waals surface area (Å²) in [7, 11) is 4.70. The number of imidazole rings is 1. The zero-order valence-electron chi connectivity index (χ0n) is 21.9. The zero-order chi connectivity index (χ0) is 27.2. The van der Waals surface area contributed by atoms with Gasteiger partial charge in [0.2, 0.25) is 5.75 Å². The molecule has 0 bridgehead atoms. The number of thiophene rings is 1. The Morgan fingerprint density at radius 3 is 2.51 bits per heavy atom. The van der Waals surface area contributed by atoms with Crippen LogP contribution in [0.2, 0.25) is 0 Å². The lowest BCUT2D eigenvalue weighted by molar-refractivity contribution is 0.324. The van der Waals surface area contributed by atoms with Crippen LogP contribution in [0.5, 0.6) is 17.2 Å².